The molecule has 2 amide bonds. The Morgan fingerprint density at radius 2 is 0.786 bits per heavy atom. The molecule has 0 aliphatic rings. The van der Waals surface area contributed by atoms with E-state index in [0.29, 0.717) is 35.5 Å². The van der Waals surface area contributed by atoms with Crippen molar-refractivity contribution < 1.29 is 64.8 Å². The Labute approximate surface area is 362 Å². The average Bonchev–Trinajstić information content (AvgIpc) is 3.15. The van der Waals surface area contributed by atoms with E-state index in [1.807, 2.05) is 86.6 Å². The Hall–Kier alpha value is -5.08. The van der Waals surface area contributed by atoms with E-state index in [9.17, 15) is 9.59 Å². The predicted molar refractivity (Wildman–Crippen MR) is 211 cm³/mol. The fraction of sp³-hybridized carbons (Fsp3) is 0.257. The summed E-state index contributed by atoms with van der Waals surface area (Å²) in [6, 6.07) is 27.3. The summed E-state index contributed by atoms with van der Waals surface area (Å²) in [5.41, 5.74) is 6.00. The van der Waals surface area contributed by atoms with E-state index in [4.69, 9.17) is 79.1 Å². The number of hydrogen-bond acceptors (Lipinski definition) is 13. The second kappa shape index (κ2) is 26.7. The smallest absolute Gasteiger partial charge is 0.356 e. The fourth-order valence-corrected chi connectivity index (χ4v) is 4.99. The molecule has 0 bridgehead atoms. The largest absolute Gasteiger partial charge is 3.00 e. The molecule has 0 fully saturated rings. The van der Waals surface area contributed by atoms with Gasteiger partial charge in [0.2, 0.25) is 0 Å². The minimum Gasteiger partial charge on any atom is -0.356 e. The molecule has 56 heavy (non-hydrogen) atoms. The van der Waals surface area contributed by atoms with Gasteiger partial charge in [-0.15, -0.1) is 23.2 Å². The van der Waals surface area contributed by atoms with Gasteiger partial charge in [-0.2, -0.15) is 0 Å². The maximum absolute atomic E-state index is 13.6. The molecule has 299 valence electrons. The Kier molecular flexibility index (Phi) is 24.3. The van der Waals surface area contributed by atoms with Crippen molar-refractivity contribution >= 4 is 68.2 Å². The molecule has 2 heterocycles. The molecule has 0 atom stereocenters. The van der Waals surface area contributed by atoms with Crippen LogP contribution in [0.25, 0.3) is 21.8 Å². The fourth-order valence-electron chi connectivity index (χ4n) is 4.99. The van der Waals surface area contributed by atoms with Crippen molar-refractivity contribution in [1.29, 1.82) is 0 Å². The van der Waals surface area contributed by atoms with Crippen LogP contribution >= 0.6 is 23.2 Å². The van der Waals surface area contributed by atoms with Gasteiger partial charge in [0, 0.05) is 35.2 Å². The first kappa shape index (κ1) is 50.9. The Balaban J connectivity index is 0.00000163. The molecule has 0 aliphatic heterocycles. The number of anilines is 2. The molecule has 0 unspecified atom stereocenters. The second-order valence-electron chi connectivity index (χ2n) is 10.5. The van der Waals surface area contributed by atoms with Gasteiger partial charge in [0.15, 0.2) is 0 Å². The third-order valence-corrected chi connectivity index (χ3v) is 7.39. The molecule has 0 spiro atoms. The topological polar surface area (TPSA) is 265 Å². The number of halogens is 2. The number of amides is 2. The van der Waals surface area contributed by atoms with Gasteiger partial charge in [0.25, 0.3) is 11.8 Å². The Morgan fingerprint density at radius 1 is 0.536 bits per heavy atom. The van der Waals surface area contributed by atoms with Crippen LogP contribution in [0.5, 0.6) is 0 Å². The quantitative estimate of drug-likeness (QED) is 0.0619. The van der Waals surface area contributed by atoms with Gasteiger partial charge in [-0.1, -0.05) is 62.4 Å². The van der Waals surface area contributed by atoms with Crippen molar-refractivity contribution in [2.24, 2.45) is 0 Å². The number of benzene rings is 3. The number of hydrogen-bond donors (Lipinski definition) is 0. The molecule has 1 radical (unpaired) electrons. The maximum atomic E-state index is 13.6. The van der Waals surface area contributed by atoms with Crippen LogP contribution in [0.3, 0.4) is 0 Å². The van der Waals surface area contributed by atoms with Crippen molar-refractivity contribution in [1.82, 2.24) is 9.97 Å². The molecule has 0 saturated carbocycles. The monoisotopic (exact) mass is 958 g/mol. The first-order chi connectivity index (χ1) is 26.1. The van der Waals surface area contributed by atoms with Crippen LogP contribution in [-0.2, 0) is 12.8 Å². The van der Waals surface area contributed by atoms with Crippen LogP contribution in [0.4, 0.5) is 11.4 Å². The Morgan fingerprint density at radius 3 is 1.02 bits per heavy atom. The minimum atomic E-state index is -1.75. The Bertz CT molecular complexity index is 1880. The van der Waals surface area contributed by atoms with E-state index in [1.165, 1.54) is 11.1 Å². The summed E-state index contributed by atoms with van der Waals surface area (Å²) in [6.07, 6.45) is 1.89. The number of rotatable bonds is 8. The number of aryl methyl sites for hydroxylation is 2. The number of nitrogens with zero attached hydrogens (tertiary/aromatic N) is 7. The zero-order chi connectivity index (χ0) is 41.7. The zero-order valence-electron chi connectivity index (χ0n) is 30.3. The van der Waals surface area contributed by atoms with E-state index in [2.05, 4.69) is 13.8 Å². The number of fused-ring (bicyclic) bond motifs is 3. The number of carbonyl (C=O) groups excluding carboxylic acids is 2. The third kappa shape index (κ3) is 16.7. The standard InChI is InChI=1S/C34H34N4O2.CH2Cl2.Gd.3NO3/c1-5-23-9-17-27(18-10-23)37(7-3)33(39)29-21-15-25-13-14-26-16-22-30(36-32(26)31(25)35-29)34(40)38(8-4)28-19-11-24(6-2)12-20-28;2-1-3;;3*2-1(3)4/h9-22H,5-8H2,1-4H3;1H2;;;;/q;;+3;3*-1. The van der Waals surface area contributed by atoms with Crippen molar-refractivity contribution in [2.45, 2.75) is 40.5 Å². The van der Waals surface area contributed by atoms with Gasteiger partial charge in [-0.25, -0.2) is 9.97 Å². The van der Waals surface area contributed by atoms with Crippen LogP contribution in [0, 0.1) is 85.9 Å². The normalized spacial score (nSPS) is 9.54. The first-order valence-corrected chi connectivity index (χ1v) is 17.2. The molecule has 0 aliphatic carbocycles. The van der Waals surface area contributed by atoms with Crippen LogP contribution in [0.15, 0.2) is 84.9 Å². The van der Waals surface area contributed by atoms with Gasteiger partial charge in [-0.3, -0.25) is 9.59 Å². The zero-order valence-corrected chi connectivity index (χ0v) is 34.1. The van der Waals surface area contributed by atoms with Crippen molar-refractivity contribution in [3.05, 3.63) is 153 Å². The summed E-state index contributed by atoms with van der Waals surface area (Å²) < 4.78 is 0. The summed E-state index contributed by atoms with van der Waals surface area (Å²) in [5, 5.41) is 46.2. The summed E-state index contributed by atoms with van der Waals surface area (Å²) in [4.78, 5) is 65.0. The van der Waals surface area contributed by atoms with Crippen LogP contribution in [0.1, 0.15) is 59.8 Å². The molecule has 0 N–H and O–H groups in total. The van der Waals surface area contributed by atoms with Crippen molar-refractivity contribution in [3.8, 4) is 0 Å². The maximum Gasteiger partial charge on any atom is 3.00 e. The third-order valence-electron chi connectivity index (χ3n) is 7.39. The van der Waals surface area contributed by atoms with Gasteiger partial charge in [0.05, 0.1) is 31.6 Å². The average molecular weight is 959 g/mol. The predicted octanol–water partition coefficient (Wildman–Crippen LogP) is 7.95. The molecular weight excluding hydrogens is 923 g/mol. The van der Waals surface area contributed by atoms with Gasteiger partial charge in [0.1, 0.15) is 11.4 Å². The summed E-state index contributed by atoms with van der Waals surface area (Å²) >= 11 is 9.53. The van der Waals surface area contributed by atoms with Gasteiger partial charge in [-0.05, 0) is 74.2 Å². The molecular formula is C35H36Cl2GdN7O11. The molecule has 5 rings (SSSR count). The summed E-state index contributed by atoms with van der Waals surface area (Å²) in [6.45, 7) is 9.16. The van der Waals surface area contributed by atoms with Crippen LogP contribution in [0.2, 0.25) is 0 Å². The molecule has 21 heteroatoms. The minimum absolute atomic E-state index is 0. The summed E-state index contributed by atoms with van der Waals surface area (Å²) in [7, 11) is 0. The van der Waals surface area contributed by atoms with E-state index in [-0.39, 0.29) is 57.1 Å². The van der Waals surface area contributed by atoms with E-state index < -0.39 is 15.3 Å². The number of alkyl halides is 2. The molecule has 2 aromatic heterocycles. The first-order valence-electron chi connectivity index (χ1n) is 16.2. The molecule has 18 nitrogen and oxygen atoms in total. The number of pyridine rings is 2. The van der Waals surface area contributed by atoms with E-state index >= 15 is 0 Å². The second-order valence-corrected chi connectivity index (χ2v) is 11.3. The SMILES string of the molecule is CCc1ccc(N(CC)C(=O)c2ccc3ccc4ccc(C(=O)N(CC)c5ccc(CC)cc5)nc4c3n2)cc1.ClCCl.O=[N+]([O-])[O-].O=[N+]([O-])[O-].O=[N+]([O-])[O-].[Gd+3]. The van der Waals surface area contributed by atoms with Crippen LogP contribution in [-0.4, -0.2) is 55.5 Å². The molecule has 0 saturated heterocycles. The van der Waals surface area contributed by atoms with E-state index in [1.54, 1.807) is 21.9 Å². The van der Waals surface area contributed by atoms with Crippen molar-refractivity contribution in [2.75, 3.05) is 28.2 Å². The number of carbonyl (C=O) groups is 2. The molecule has 5 aromatic rings. The van der Waals surface area contributed by atoms with Crippen LogP contribution < -0.4 is 9.80 Å². The van der Waals surface area contributed by atoms with Gasteiger partial charge >= 0.3 is 39.9 Å². The number of aromatic nitrogens is 2. The van der Waals surface area contributed by atoms with Gasteiger partial charge < -0.3 is 55.8 Å². The molecule has 3 aromatic carbocycles. The van der Waals surface area contributed by atoms with E-state index in [0.717, 1.165) is 35.0 Å². The van der Waals surface area contributed by atoms with Crippen molar-refractivity contribution in [3.63, 3.8) is 0 Å². The summed E-state index contributed by atoms with van der Waals surface area (Å²) in [5.74, 6) is -0.351.